The molecule has 1 aromatic rings. The molecule has 1 unspecified atom stereocenters. The fraction of sp³-hybridized carbons (Fsp3) is 0.579. The van der Waals surface area contributed by atoms with Crippen molar-refractivity contribution in [2.24, 2.45) is 0 Å². The van der Waals surface area contributed by atoms with E-state index >= 15 is 0 Å². The molecule has 0 aliphatic rings. The Bertz CT molecular complexity index is 673. The van der Waals surface area contributed by atoms with Crippen molar-refractivity contribution >= 4 is 34.7 Å². The molecule has 144 valence electrons. The zero-order chi connectivity index (χ0) is 19.9. The molecule has 0 aliphatic carbocycles. The van der Waals surface area contributed by atoms with Crippen molar-refractivity contribution < 1.29 is 19.2 Å². The van der Waals surface area contributed by atoms with E-state index in [1.165, 1.54) is 11.3 Å². The van der Waals surface area contributed by atoms with E-state index in [1.54, 1.807) is 13.0 Å². The van der Waals surface area contributed by atoms with Crippen molar-refractivity contribution in [2.75, 3.05) is 0 Å². The van der Waals surface area contributed by atoms with Crippen molar-refractivity contribution in [2.45, 2.75) is 71.9 Å². The number of hydrogen-bond donors (Lipinski definition) is 2. The Morgan fingerprint density at radius 3 is 2.19 bits per heavy atom. The maximum Gasteiger partial charge on any atom is 0.242 e. The summed E-state index contributed by atoms with van der Waals surface area (Å²) in [4.78, 5) is 49.4. The van der Waals surface area contributed by atoms with Crippen LogP contribution in [0.25, 0.3) is 0 Å². The summed E-state index contributed by atoms with van der Waals surface area (Å²) in [5.41, 5.74) is -0.375. The van der Waals surface area contributed by atoms with Crippen molar-refractivity contribution in [3.8, 4) is 0 Å². The first-order chi connectivity index (χ1) is 12.0. The van der Waals surface area contributed by atoms with Crippen LogP contribution in [0.1, 0.15) is 67.9 Å². The van der Waals surface area contributed by atoms with E-state index in [9.17, 15) is 19.2 Å². The van der Waals surface area contributed by atoms with Gasteiger partial charge in [0.25, 0.3) is 0 Å². The van der Waals surface area contributed by atoms with E-state index in [4.69, 9.17) is 0 Å². The van der Waals surface area contributed by atoms with Gasteiger partial charge in [-0.15, -0.1) is 11.3 Å². The zero-order valence-corrected chi connectivity index (χ0v) is 16.9. The molecule has 0 aliphatic heterocycles. The van der Waals surface area contributed by atoms with E-state index < -0.39 is 6.04 Å². The highest BCUT2D eigenvalue weighted by Gasteiger charge is 2.21. The smallest absolute Gasteiger partial charge is 0.242 e. The molecule has 1 atom stereocenters. The second-order valence-corrected chi connectivity index (χ2v) is 8.69. The highest BCUT2D eigenvalue weighted by Crippen LogP contribution is 2.17. The molecule has 2 N–H and O–H groups in total. The monoisotopic (exact) mass is 380 g/mol. The third kappa shape index (κ3) is 8.38. The Balaban J connectivity index is 2.30. The zero-order valence-electron chi connectivity index (χ0n) is 16.1. The molecule has 0 saturated carbocycles. The molecule has 0 spiro atoms. The van der Waals surface area contributed by atoms with Crippen LogP contribution in [0.2, 0.25) is 0 Å². The van der Waals surface area contributed by atoms with Gasteiger partial charge in [-0.05, 0) is 46.8 Å². The normalized spacial score (nSPS) is 12.3. The van der Waals surface area contributed by atoms with Crippen molar-refractivity contribution in [3.05, 3.63) is 21.9 Å². The fourth-order valence-electron chi connectivity index (χ4n) is 2.20. The first-order valence-corrected chi connectivity index (χ1v) is 9.52. The Morgan fingerprint density at radius 1 is 1.04 bits per heavy atom. The predicted molar refractivity (Wildman–Crippen MR) is 102 cm³/mol. The van der Waals surface area contributed by atoms with Crippen LogP contribution in [-0.2, 0) is 14.4 Å². The minimum absolute atomic E-state index is 0.0122. The Labute approximate surface area is 158 Å². The first-order valence-electron chi connectivity index (χ1n) is 8.70. The number of ketones is 2. The molecular formula is C19H28N2O4S. The van der Waals surface area contributed by atoms with Gasteiger partial charge in [-0.3, -0.25) is 19.2 Å². The summed E-state index contributed by atoms with van der Waals surface area (Å²) in [6, 6.07) is 2.98. The molecule has 6 nitrogen and oxygen atoms in total. The van der Waals surface area contributed by atoms with Crippen LogP contribution in [0.4, 0.5) is 0 Å². The van der Waals surface area contributed by atoms with Gasteiger partial charge in [0.1, 0.15) is 11.8 Å². The lowest BCUT2D eigenvalue weighted by Crippen LogP contribution is -2.50. The molecule has 7 heteroatoms. The summed E-state index contributed by atoms with van der Waals surface area (Å²) in [6.07, 6.45) is 0.363. The number of nitrogens with one attached hydrogen (secondary N) is 2. The third-order valence-electron chi connectivity index (χ3n) is 3.55. The summed E-state index contributed by atoms with van der Waals surface area (Å²) in [7, 11) is 0. The molecule has 1 heterocycles. The highest BCUT2D eigenvalue weighted by molar-refractivity contribution is 7.14. The highest BCUT2D eigenvalue weighted by atomic mass is 32.1. The second kappa shape index (κ2) is 9.62. The van der Waals surface area contributed by atoms with E-state index in [0.29, 0.717) is 4.88 Å². The summed E-state index contributed by atoms with van der Waals surface area (Å²) < 4.78 is 0. The summed E-state index contributed by atoms with van der Waals surface area (Å²) in [5, 5.41) is 5.36. The molecule has 0 saturated heterocycles. The van der Waals surface area contributed by atoms with Crippen LogP contribution < -0.4 is 10.6 Å². The van der Waals surface area contributed by atoms with Gasteiger partial charge in [0.05, 0.1) is 4.88 Å². The number of amides is 2. The number of carbonyl (C=O) groups is 4. The molecule has 1 rings (SSSR count). The van der Waals surface area contributed by atoms with Crippen LogP contribution in [0.5, 0.6) is 0 Å². The van der Waals surface area contributed by atoms with Gasteiger partial charge in [0.2, 0.25) is 11.8 Å². The Hall–Kier alpha value is -2.02. The first kappa shape index (κ1) is 22.0. The van der Waals surface area contributed by atoms with Gasteiger partial charge in [-0.1, -0.05) is 0 Å². The van der Waals surface area contributed by atoms with Crippen molar-refractivity contribution in [1.82, 2.24) is 10.6 Å². The SMILES string of the molecule is Cc1ccc(C(=O)CCC(=O)CCC(=O)NC(C)C(=O)NC(C)(C)C)s1. The Morgan fingerprint density at radius 2 is 1.65 bits per heavy atom. The standard InChI is InChI=1S/C19H28N2O4S/c1-12-6-10-16(26-12)15(23)9-7-14(22)8-11-17(24)20-13(2)18(25)21-19(3,4)5/h6,10,13H,7-9,11H2,1-5H3,(H,20,24)(H,21,25). The summed E-state index contributed by atoms with van der Waals surface area (Å²) >= 11 is 1.42. The molecule has 2 amide bonds. The van der Waals surface area contributed by atoms with Crippen LogP contribution in [0, 0.1) is 6.92 Å². The number of Topliss-reactive ketones (excluding diaryl/α,β-unsaturated/α-hetero) is 2. The van der Waals surface area contributed by atoms with Crippen LogP contribution in [0.15, 0.2) is 12.1 Å². The quantitative estimate of drug-likeness (QED) is 0.644. The summed E-state index contributed by atoms with van der Waals surface area (Å²) in [5.74, 6) is -0.800. The molecule has 0 bridgehead atoms. The predicted octanol–water partition coefficient (Wildman–Crippen LogP) is 2.79. The number of hydrogen-bond acceptors (Lipinski definition) is 5. The van der Waals surface area contributed by atoms with Gasteiger partial charge in [0.15, 0.2) is 5.78 Å². The second-order valence-electron chi connectivity index (χ2n) is 7.40. The van der Waals surface area contributed by atoms with Crippen LogP contribution in [0.3, 0.4) is 0 Å². The van der Waals surface area contributed by atoms with E-state index in [1.807, 2.05) is 33.8 Å². The average molecular weight is 381 g/mol. The Kier molecular flexibility index (Phi) is 8.14. The van der Waals surface area contributed by atoms with E-state index in [0.717, 1.165) is 4.88 Å². The summed E-state index contributed by atoms with van der Waals surface area (Å²) in [6.45, 7) is 9.10. The number of aryl methyl sites for hydroxylation is 1. The maximum absolute atomic E-state index is 12.0. The number of rotatable bonds is 9. The molecule has 0 fully saturated rings. The molecule has 26 heavy (non-hydrogen) atoms. The van der Waals surface area contributed by atoms with Crippen LogP contribution >= 0.6 is 11.3 Å². The van der Waals surface area contributed by atoms with Gasteiger partial charge >= 0.3 is 0 Å². The van der Waals surface area contributed by atoms with Crippen LogP contribution in [-0.4, -0.2) is 35.0 Å². The van der Waals surface area contributed by atoms with Gasteiger partial charge in [-0.25, -0.2) is 0 Å². The third-order valence-corrected chi connectivity index (χ3v) is 4.59. The van der Waals surface area contributed by atoms with Gasteiger partial charge in [-0.2, -0.15) is 0 Å². The number of thiophene rings is 1. The molecular weight excluding hydrogens is 352 g/mol. The van der Waals surface area contributed by atoms with Gasteiger partial charge in [0, 0.05) is 36.1 Å². The lowest BCUT2D eigenvalue weighted by Gasteiger charge is -2.23. The maximum atomic E-state index is 12.0. The molecule has 0 radical (unpaired) electrons. The minimum Gasteiger partial charge on any atom is -0.350 e. The van der Waals surface area contributed by atoms with Crippen molar-refractivity contribution in [1.29, 1.82) is 0 Å². The largest absolute Gasteiger partial charge is 0.350 e. The number of carbonyl (C=O) groups excluding carboxylic acids is 4. The molecule has 0 aromatic carbocycles. The van der Waals surface area contributed by atoms with E-state index in [-0.39, 0.29) is 54.6 Å². The topological polar surface area (TPSA) is 92.3 Å². The lowest BCUT2D eigenvalue weighted by atomic mass is 10.1. The fourth-order valence-corrected chi connectivity index (χ4v) is 3.03. The van der Waals surface area contributed by atoms with Gasteiger partial charge < -0.3 is 10.6 Å². The molecule has 1 aromatic heterocycles. The van der Waals surface area contributed by atoms with E-state index in [2.05, 4.69) is 10.6 Å². The lowest BCUT2D eigenvalue weighted by molar-refractivity contribution is -0.130. The average Bonchev–Trinajstić information content (AvgIpc) is 2.95. The van der Waals surface area contributed by atoms with Crippen molar-refractivity contribution in [3.63, 3.8) is 0 Å². The minimum atomic E-state index is -0.666.